The van der Waals surface area contributed by atoms with E-state index in [9.17, 15) is 14.4 Å². The molecule has 0 saturated carbocycles. The van der Waals surface area contributed by atoms with Crippen molar-refractivity contribution in [1.29, 1.82) is 0 Å². The lowest BCUT2D eigenvalue weighted by molar-refractivity contribution is -0.123. The average Bonchev–Trinajstić information content (AvgIpc) is 3.01. The van der Waals surface area contributed by atoms with Gasteiger partial charge >= 0.3 is 6.03 Å². The molecule has 3 heterocycles. The van der Waals surface area contributed by atoms with E-state index in [1.54, 1.807) is 22.8 Å². The molecule has 1 aromatic rings. The number of amides is 4. The second-order valence-electron chi connectivity index (χ2n) is 4.86. The van der Waals surface area contributed by atoms with Gasteiger partial charge in [0.1, 0.15) is 11.2 Å². The normalized spacial score (nSPS) is 25.8. The lowest BCUT2D eigenvalue weighted by Gasteiger charge is -2.21. The fourth-order valence-corrected chi connectivity index (χ4v) is 2.52. The van der Waals surface area contributed by atoms with Gasteiger partial charge < -0.3 is 14.8 Å². The SMILES string of the molecule is Cn1cncc1C(=O)N1CCC2(C1)NC(=O)NC2=O. The molecule has 0 aromatic carbocycles. The molecule has 2 fully saturated rings. The van der Waals surface area contributed by atoms with Crippen LogP contribution in [0.25, 0.3) is 0 Å². The molecule has 1 atom stereocenters. The number of aromatic nitrogens is 2. The number of imidazole rings is 1. The highest BCUT2D eigenvalue weighted by Gasteiger charge is 2.51. The zero-order chi connectivity index (χ0) is 13.6. The number of rotatable bonds is 1. The second-order valence-corrected chi connectivity index (χ2v) is 4.86. The number of nitrogens with one attached hydrogen (secondary N) is 2. The predicted molar refractivity (Wildman–Crippen MR) is 63.1 cm³/mol. The molecule has 2 N–H and O–H groups in total. The van der Waals surface area contributed by atoms with E-state index in [0.29, 0.717) is 18.7 Å². The van der Waals surface area contributed by atoms with Crippen molar-refractivity contribution in [2.24, 2.45) is 7.05 Å². The van der Waals surface area contributed by atoms with Crippen molar-refractivity contribution in [3.05, 3.63) is 18.2 Å². The van der Waals surface area contributed by atoms with Crippen LogP contribution in [0.2, 0.25) is 0 Å². The number of carbonyl (C=O) groups is 3. The molecular formula is C11H13N5O3. The minimum Gasteiger partial charge on any atom is -0.334 e. The first-order valence-corrected chi connectivity index (χ1v) is 5.91. The van der Waals surface area contributed by atoms with Crippen molar-refractivity contribution in [1.82, 2.24) is 25.1 Å². The van der Waals surface area contributed by atoms with E-state index in [-0.39, 0.29) is 18.4 Å². The molecule has 2 aliphatic rings. The number of hydrogen-bond acceptors (Lipinski definition) is 4. The summed E-state index contributed by atoms with van der Waals surface area (Å²) in [6, 6.07) is -0.500. The van der Waals surface area contributed by atoms with Gasteiger partial charge in [-0.15, -0.1) is 0 Å². The largest absolute Gasteiger partial charge is 0.334 e. The van der Waals surface area contributed by atoms with Crippen molar-refractivity contribution in [2.75, 3.05) is 13.1 Å². The van der Waals surface area contributed by atoms with Crippen molar-refractivity contribution in [3.63, 3.8) is 0 Å². The summed E-state index contributed by atoms with van der Waals surface area (Å²) in [4.78, 5) is 40.7. The van der Waals surface area contributed by atoms with Crippen LogP contribution in [0.1, 0.15) is 16.9 Å². The minimum atomic E-state index is -0.967. The van der Waals surface area contributed by atoms with Crippen molar-refractivity contribution in [2.45, 2.75) is 12.0 Å². The van der Waals surface area contributed by atoms with Crippen LogP contribution in [0.3, 0.4) is 0 Å². The number of imide groups is 1. The van der Waals surface area contributed by atoms with E-state index in [2.05, 4.69) is 15.6 Å². The summed E-state index contributed by atoms with van der Waals surface area (Å²) in [6.45, 7) is 0.617. The number of carbonyl (C=O) groups excluding carboxylic acids is 3. The van der Waals surface area contributed by atoms with Gasteiger partial charge in [-0.2, -0.15) is 0 Å². The molecule has 1 spiro atoms. The first kappa shape index (κ1) is 11.7. The van der Waals surface area contributed by atoms with Crippen LogP contribution in [0, 0.1) is 0 Å². The first-order chi connectivity index (χ1) is 9.02. The number of urea groups is 1. The van der Waals surface area contributed by atoms with Gasteiger partial charge in [-0.3, -0.25) is 14.9 Å². The Kier molecular flexibility index (Phi) is 2.34. The van der Waals surface area contributed by atoms with Gasteiger partial charge in [0.05, 0.1) is 19.1 Å². The molecule has 0 radical (unpaired) electrons. The zero-order valence-electron chi connectivity index (χ0n) is 10.3. The van der Waals surface area contributed by atoms with Gasteiger partial charge in [0, 0.05) is 13.6 Å². The van der Waals surface area contributed by atoms with Crippen molar-refractivity contribution in [3.8, 4) is 0 Å². The van der Waals surface area contributed by atoms with Crippen LogP contribution in [0.5, 0.6) is 0 Å². The summed E-state index contributed by atoms with van der Waals surface area (Å²) in [5.41, 5.74) is -0.507. The summed E-state index contributed by atoms with van der Waals surface area (Å²) < 4.78 is 1.63. The van der Waals surface area contributed by atoms with E-state index < -0.39 is 11.6 Å². The highest BCUT2D eigenvalue weighted by molar-refractivity contribution is 6.08. The van der Waals surface area contributed by atoms with E-state index in [1.165, 1.54) is 6.20 Å². The summed E-state index contributed by atoms with van der Waals surface area (Å²) in [5, 5.41) is 4.82. The van der Waals surface area contributed by atoms with Crippen LogP contribution < -0.4 is 10.6 Å². The van der Waals surface area contributed by atoms with Gasteiger partial charge in [-0.1, -0.05) is 0 Å². The third kappa shape index (κ3) is 1.67. The highest BCUT2D eigenvalue weighted by atomic mass is 16.2. The molecule has 8 nitrogen and oxygen atoms in total. The van der Waals surface area contributed by atoms with Crippen LogP contribution in [0.4, 0.5) is 4.79 Å². The predicted octanol–water partition coefficient (Wildman–Crippen LogP) is -1.16. The Morgan fingerprint density at radius 2 is 2.26 bits per heavy atom. The van der Waals surface area contributed by atoms with E-state index in [1.807, 2.05) is 0 Å². The zero-order valence-corrected chi connectivity index (χ0v) is 10.3. The summed E-state index contributed by atoms with van der Waals surface area (Å²) in [7, 11) is 1.73. The first-order valence-electron chi connectivity index (χ1n) is 5.91. The Balaban J connectivity index is 1.80. The van der Waals surface area contributed by atoms with Crippen molar-refractivity contribution < 1.29 is 14.4 Å². The van der Waals surface area contributed by atoms with Crippen LogP contribution in [-0.4, -0.2) is 50.9 Å². The Morgan fingerprint density at radius 1 is 1.47 bits per heavy atom. The minimum absolute atomic E-state index is 0.189. The van der Waals surface area contributed by atoms with Gasteiger partial charge in [0.2, 0.25) is 0 Å². The van der Waals surface area contributed by atoms with E-state index in [4.69, 9.17) is 0 Å². The monoisotopic (exact) mass is 263 g/mol. The quantitative estimate of drug-likeness (QED) is 0.625. The Labute approximate surface area is 108 Å². The third-order valence-electron chi connectivity index (χ3n) is 3.61. The molecule has 2 saturated heterocycles. The molecule has 1 unspecified atom stereocenters. The molecular weight excluding hydrogens is 250 g/mol. The Morgan fingerprint density at radius 3 is 2.84 bits per heavy atom. The molecule has 1 aromatic heterocycles. The Hall–Kier alpha value is -2.38. The highest BCUT2D eigenvalue weighted by Crippen LogP contribution is 2.25. The molecule has 3 rings (SSSR count). The summed E-state index contributed by atoms with van der Waals surface area (Å²) >= 11 is 0. The fourth-order valence-electron chi connectivity index (χ4n) is 2.52. The summed E-state index contributed by atoms with van der Waals surface area (Å²) in [6.07, 6.45) is 3.46. The Bertz CT molecular complexity index is 581. The van der Waals surface area contributed by atoms with Gasteiger partial charge in [-0.25, -0.2) is 9.78 Å². The van der Waals surface area contributed by atoms with Gasteiger partial charge in [-0.05, 0) is 6.42 Å². The maximum absolute atomic E-state index is 12.3. The molecule has 8 heteroatoms. The summed E-state index contributed by atoms with van der Waals surface area (Å²) in [5.74, 6) is -0.552. The number of nitrogens with zero attached hydrogens (tertiary/aromatic N) is 3. The van der Waals surface area contributed by atoms with Gasteiger partial charge in [0.25, 0.3) is 11.8 Å². The maximum atomic E-state index is 12.3. The van der Waals surface area contributed by atoms with Gasteiger partial charge in [0.15, 0.2) is 0 Å². The number of hydrogen-bond donors (Lipinski definition) is 2. The number of aryl methyl sites for hydroxylation is 1. The second kappa shape index (κ2) is 3.81. The van der Waals surface area contributed by atoms with Crippen LogP contribution in [-0.2, 0) is 11.8 Å². The lowest BCUT2D eigenvalue weighted by atomic mass is 10.00. The lowest BCUT2D eigenvalue weighted by Crippen LogP contribution is -2.49. The molecule has 0 aliphatic carbocycles. The van der Waals surface area contributed by atoms with Crippen LogP contribution in [0.15, 0.2) is 12.5 Å². The van der Waals surface area contributed by atoms with E-state index >= 15 is 0 Å². The molecule has 2 aliphatic heterocycles. The molecule has 19 heavy (non-hydrogen) atoms. The van der Waals surface area contributed by atoms with Crippen LogP contribution >= 0.6 is 0 Å². The van der Waals surface area contributed by atoms with E-state index in [0.717, 1.165) is 0 Å². The average molecular weight is 263 g/mol. The molecule has 4 amide bonds. The topological polar surface area (TPSA) is 96.3 Å². The third-order valence-corrected chi connectivity index (χ3v) is 3.61. The standard InChI is InChI=1S/C11H13N5O3/c1-15-6-12-4-7(15)8(17)16-3-2-11(5-16)9(18)13-10(19)14-11/h4,6H,2-3,5H2,1H3,(H2,13,14,18,19). The smallest absolute Gasteiger partial charge is 0.322 e. The molecule has 100 valence electrons. The maximum Gasteiger partial charge on any atom is 0.322 e. The molecule has 0 bridgehead atoms. The number of likely N-dealkylation sites (tertiary alicyclic amines) is 1. The van der Waals surface area contributed by atoms with Crippen molar-refractivity contribution >= 4 is 17.8 Å². The fraction of sp³-hybridized carbons (Fsp3) is 0.455.